The number of nitrogens with one attached hydrogen (secondary N) is 1. The summed E-state index contributed by atoms with van der Waals surface area (Å²) in [7, 11) is 0. The molecular weight excluding hydrogens is 194 g/mol. The zero-order valence-electron chi connectivity index (χ0n) is 11.1. The zero-order valence-corrected chi connectivity index (χ0v) is 11.1. The topological polar surface area (TPSA) is 12.0 Å². The van der Waals surface area contributed by atoms with Crippen LogP contribution in [0.5, 0.6) is 0 Å². The number of benzene rings is 1. The summed E-state index contributed by atoms with van der Waals surface area (Å²) in [5, 5.41) is 3.62. The SMILES string of the molecule is CCNC(Cc1ccccc1)C(C)(C)CC. The molecule has 0 bridgehead atoms. The number of likely N-dealkylation sites (N-methyl/N-ethyl adjacent to an activating group) is 1. The molecule has 1 aromatic rings. The van der Waals surface area contributed by atoms with Crippen LogP contribution < -0.4 is 5.32 Å². The van der Waals surface area contributed by atoms with E-state index in [0.29, 0.717) is 11.5 Å². The minimum Gasteiger partial charge on any atom is -0.313 e. The van der Waals surface area contributed by atoms with Crippen molar-refractivity contribution >= 4 is 0 Å². The Morgan fingerprint density at radius 3 is 2.25 bits per heavy atom. The first-order valence-electron chi connectivity index (χ1n) is 6.37. The fourth-order valence-electron chi connectivity index (χ4n) is 1.97. The lowest BCUT2D eigenvalue weighted by atomic mass is 9.79. The van der Waals surface area contributed by atoms with Crippen LogP contribution >= 0.6 is 0 Å². The molecule has 0 aliphatic heterocycles. The van der Waals surface area contributed by atoms with Crippen molar-refractivity contribution in [2.75, 3.05) is 6.54 Å². The second-order valence-corrected chi connectivity index (χ2v) is 5.14. The molecule has 1 nitrogen and oxygen atoms in total. The molecule has 0 spiro atoms. The fourth-order valence-corrected chi connectivity index (χ4v) is 1.97. The van der Waals surface area contributed by atoms with Crippen molar-refractivity contribution in [2.24, 2.45) is 5.41 Å². The molecule has 0 aromatic heterocycles. The van der Waals surface area contributed by atoms with Gasteiger partial charge in [0.1, 0.15) is 0 Å². The maximum atomic E-state index is 3.62. The average molecular weight is 219 g/mol. The zero-order chi connectivity index (χ0) is 12.0. The average Bonchev–Trinajstić information content (AvgIpc) is 2.30. The first-order valence-corrected chi connectivity index (χ1v) is 6.37. The van der Waals surface area contributed by atoms with E-state index in [0.717, 1.165) is 13.0 Å². The monoisotopic (exact) mass is 219 g/mol. The van der Waals surface area contributed by atoms with Gasteiger partial charge in [-0.15, -0.1) is 0 Å². The number of hydrogen-bond donors (Lipinski definition) is 1. The highest BCUT2D eigenvalue weighted by atomic mass is 14.9. The smallest absolute Gasteiger partial charge is 0.0158 e. The molecule has 1 N–H and O–H groups in total. The Hall–Kier alpha value is -0.820. The number of rotatable bonds is 6. The van der Waals surface area contributed by atoms with Gasteiger partial charge in [-0.1, -0.05) is 58.0 Å². The van der Waals surface area contributed by atoms with Gasteiger partial charge in [0, 0.05) is 6.04 Å². The van der Waals surface area contributed by atoms with E-state index in [9.17, 15) is 0 Å². The second-order valence-electron chi connectivity index (χ2n) is 5.14. The van der Waals surface area contributed by atoms with E-state index in [4.69, 9.17) is 0 Å². The lowest BCUT2D eigenvalue weighted by molar-refractivity contribution is 0.233. The highest BCUT2D eigenvalue weighted by Crippen LogP contribution is 2.27. The standard InChI is InChI=1S/C15H25N/c1-5-15(3,4)14(16-6-2)12-13-10-8-7-9-11-13/h7-11,14,16H,5-6,12H2,1-4H3. The van der Waals surface area contributed by atoms with Gasteiger partial charge in [0.05, 0.1) is 0 Å². The summed E-state index contributed by atoms with van der Waals surface area (Å²) in [5.41, 5.74) is 1.78. The maximum Gasteiger partial charge on any atom is 0.0158 e. The van der Waals surface area contributed by atoms with Gasteiger partial charge in [-0.2, -0.15) is 0 Å². The molecule has 0 fully saturated rings. The summed E-state index contributed by atoms with van der Waals surface area (Å²) in [6.07, 6.45) is 2.33. The Morgan fingerprint density at radius 2 is 1.75 bits per heavy atom. The molecule has 1 atom stereocenters. The van der Waals surface area contributed by atoms with E-state index in [1.54, 1.807) is 0 Å². The molecule has 90 valence electrons. The molecule has 0 saturated carbocycles. The third-order valence-corrected chi connectivity index (χ3v) is 3.59. The van der Waals surface area contributed by atoms with Crippen LogP contribution in [0.4, 0.5) is 0 Å². The Labute approximate surface area is 100 Å². The van der Waals surface area contributed by atoms with E-state index in [1.807, 2.05) is 0 Å². The Kier molecular flexibility index (Phi) is 5.01. The summed E-state index contributed by atoms with van der Waals surface area (Å²) in [6.45, 7) is 10.2. The quantitative estimate of drug-likeness (QED) is 0.770. The molecule has 1 rings (SSSR count). The van der Waals surface area contributed by atoms with Gasteiger partial charge >= 0.3 is 0 Å². The van der Waals surface area contributed by atoms with Gasteiger partial charge in [0.2, 0.25) is 0 Å². The third-order valence-electron chi connectivity index (χ3n) is 3.59. The lowest BCUT2D eigenvalue weighted by Gasteiger charge is -2.34. The van der Waals surface area contributed by atoms with Crippen LogP contribution in [0, 0.1) is 5.41 Å². The molecule has 1 heteroatoms. The van der Waals surface area contributed by atoms with Crippen molar-refractivity contribution in [3.63, 3.8) is 0 Å². The Balaban J connectivity index is 2.72. The van der Waals surface area contributed by atoms with E-state index in [1.165, 1.54) is 12.0 Å². The van der Waals surface area contributed by atoms with Crippen molar-refractivity contribution in [3.05, 3.63) is 35.9 Å². The second kappa shape index (κ2) is 6.05. The molecule has 0 radical (unpaired) electrons. The molecule has 1 aromatic carbocycles. The highest BCUT2D eigenvalue weighted by molar-refractivity contribution is 5.16. The van der Waals surface area contributed by atoms with E-state index in [2.05, 4.69) is 63.3 Å². The Morgan fingerprint density at radius 1 is 1.12 bits per heavy atom. The van der Waals surface area contributed by atoms with Gasteiger partial charge in [0.25, 0.3) is 0 Å². The summed E-state index contributed by atoms with van der Waals surface area (Å²) in [4.78, 5) is 0. The molecule has 0 saturated heterocycles. The lowest BCUT2D eigenvalue weighted by Crippen LogP contribution is -2.43. The van der Waals surface area contributed by atoms with Gasteiger partial charge in [0.15, 0.2) is 0 Å². The summed E-state index contributed by atoms with van der Waals surface area (Å²) in [6, 6.07) is 11.3. The maximum absolute atomic E-state index is 3.62. The van der Waals surface area contributed by atoms with Crippen LogP contribution in [-0.2, 0) is 6.42 Å². The molecule has 1 unspecified atom stereocenters. The molecule has 0 heterocycles. The van der Waals surface area contributed by atoms with Crippen LogP contribution in [0.15, 0.2) is 30.3 Å². The summed E-state index contributed by atoms with van der Waals surface area (Å²) < 4.78 is 0. The van der Waals surface area contributed by atoms with Crippen LogP contribution in [0.3, 0.4) is 0 Å². The highest BCUT2D eigenvalue weighted by Gasteiger charge is 2.26. The van der Waals surface area contributed by atoms with Crippen LogP contribution in [0.25, 0.3) is 0 Å². The molecule has 0 aliphatic carbocycles. The fraction of sp³-hybridized carbons (Fsp3) is 0.600. The Bertz CT molecular complexity index is 290. The van der Waals surface area contributed by atoms with Crippen LogP contribution in [-0.4, -0.2) is 12.6 Å². The van der Waals surface area contributed by atoms with E-state index >= 15 is 0 Å². The molecule has 16 heavy (non-hydrogen) atoms. The first-order chi connectivity index (χ1) is 7.60. The number of hydrogen-bond acceptors (Lipinski definition) is 1. The largest absolute Gasteiger partial charge is 0.313 e. The van der Waals surface area contributed by atoms with Gasteiger partial charge < -0.3 is 5.32 Å². The van der Waals surface area contributed by atoms with Gasteiger partial charge in [-0.3, -0.25) is 0 Å². The van der Waals surface area contributed by atoms with Crippen LogP contribution in [0.1, 0.15) is 39.7 Å². The summed E-state index contributed by atoms with van der Waals surface area (Å²) >= 11 is 0. The van der Waals surface area contributed by atoms with Crippen molar-refractivity contribution < 1.29 is 0 Å². The van der Waals surface area contributed by atoms with Crippen molar-refractivity contribution in [2.45, 2.75) is 46.6 Å². The van der Waals surface area contributed by atoms with Crippen molar-refractivity contribution in [1.29, 1.82) is 0 Å². The van der Waals surface area contributed by atoms with Crippen molar-refractivity contribution in [3.8, 4) is 0 Å². The predicted molar refractivity (Wildman–Crippen MR) is 71.7 cm³/mol. The molecule has 0 aliphatic rings. The third kappa shape index (κ3) is 3.64. The molecule has 0 amide bonds. The van der Waals surface area contributed by atoms with Crippen LogP contribution in [0.2, 0.25) is 0 Å². The minimum absolute atomic E-state index is 0.353. The summed E-state index contributed by atoms with van der Waals surface area (Å²) in [5.74, 6) is 0. The van der Waals surface area contributed by atoms with Gasteiger partial charge in [-0.05, 0) is 30.4 Å². The first kappa shape index (κ1) is 13.2. The normalized spacial score (nSPS) is 13.8. The predicted octanol–water partition coefficient (Wildman–Crippen LogP) is 3.64. The van der Waals surface area contributed by atoms with E-state index in [-0.39, 0.29) is 0 Å². The van der Waals surface area contributed by atoms with Crippen molar-refractivity contribution in [1.82, 2.24) is 5.32 Å². The molecular formula is C15H25N. The van der Waals surface area contributed by atoms with Gasteiger partial charge in [-0.25, -0.2) is 0 Å². The van der Waals surface area contributed by atoms with E-state index < -0.39 is 0 Å². The minimum atomic E-state index is 0.353.